The highest BCUT2D eigenvalue weighted by molar-refractivity contribution is 5.94. The maximum Gasteiger partial charge on any atom is 0.253 e. The lowest BCUT2D eigenvalue weighted by molar-refractivity contribution is 0.0773. The average molecular weight is 310 g/mol. The highest BCUT2D eigenvalue weighted by Gasteiger charge is 2.16. The van der Waals surface area contributed by atoms with Gasteiger partial charge >= 0.3 is 0 Å². The molecule has 120 valence electrons. The Morgan fingerprint density at radius 1 is 1.13 bits per heavy atom. The van der Waals surface area contributed by atoms with Crippen LogP contribution in [0.15, 0.2) is 42.5 Å². The van der Waals surface area contributed by atoms with Gasteiger partial charge in [-0.15, -0.1) is 0 Å². The summed E-state index contributed by atoms with van der Waals surface area (Å²) in [4.78, 5) is 14.2. The highest BCUT2D eigenvalue weighted by atomic mass is 16.5. The molecule has 4 nitrogen and oxygen atoms in total. The molecule has 0 bridgehead atoms. The van der Waals surface area contributed by atoms with Crippen LogP contribution < -0.4 is 10.1 Å². The summed E-state index contributed by atoms with van der Waals surface area (Å²) in [6.07, 6.45) is 0. The molecular formula is C19H22N2O2. The molecule has 1 amide bonds. The van der Waals surface area contributed by atoms with E-state index in [-0.39, 0.29) is 5.91 Å². The SMILES string of the molecule is Cc1ccc(OCCN(C)C(=O)c2ccc3c(c2)CNC3)cc1. The van der Waals surface area contributed by atoms with E-state index in [4.69, 9.17) is 4.74 Å². The van der Waals surface area contributed by atoms with Gasteiger partial charge in [-0.3, -0.25) is 4.79 Å². The number of rotatable bonds is 5. The minimum atomic E-state index is 0.0345. The van der Waals surface area contributed by atoms with Crippen LogP contribution in [0.4, 0.5) is 0 Å². The Bertz CT molecular complexity index is 695. The van der Waals surface area contributed by atoms with E-state index in [2.05, 4.69) is 5.32 Å². The van der Waals surface area contributed by atoms with Crippen molar-refractivity contribution in [3.8, 4) is 5.75 Å². The summed E-state index contributed by atoms with van der Waals surface area (Å²) in [6, 6.07) is 13.9. The lowest BCUT2D eigenvalue weighted by Crippen LogP contribution is -2.31. The monoisotopic (exact) mass is 310 g/mol. The standard InChI is InChI=1S/C19H22N2O2/c1-14-3-7-18(8-4-14)23-10-9-21(2)19(22)15-5-6-16-12-20-13-17(16)11-15/h3-8,11,20H,9-10,12-13H2,1-2H3. The summed E-state index contributed by atoms with van der Waals surface area (Å²) in [5.74, 6) is 0.868. The first-order valence-electron chi connectivity index (χ1n) is 7.91. The van der Waals surface area contributed by atoms with Crippen molar-refractivity contribution in [2.45, 2.75) is 20.0 Å². The summed E-state index contributed by atoms with van der Waals surface area (Å²) < 4.78 is 5.69. The Hall–Kier alpha value is -2.33. The van der Waals surface area contributed by atoms with Gasteiger partial charge in [0.05, 0.1) is 6.54 Å². The number of nitrogens with zero attached hydrogens (tertiary/aromatic N) is 1. The second-order valence-electron chi connectivity index (χ2n) is 5.98. The highest BCUT2D eigenvalue weighted by Crippen LogP contribution is 2.18. The lowest BCUT2D eigenvalue weighted by atomic mass is 10.1. The molecule has 0 saturated heterocycles. The third-order valence-corrected chi connectivity index (χ3v) is 4.15. The first-order chi connectivity index (χ1) is 11.1. The molecule has 23 heavy (non-hydrogen) atoms. The number of nitrogens with one attached hydrogen (secondary N) is 1. The van der Waals surface area contributed by atoms with Crippen molar-refractivity contribution in [2.75, 3.05) is 20.2 Å². The number of ether oxygens (including phenoxy) is 1. The number of carbonyl (C=O) groups excluding carboxylic acids is 1. The van der Waals surface area contributed by atoms with E-state index < -0.39 is 0 Å². The molecule has 0 aliphatic carbocycles. The van der Waals surface area contributed by atoms with Crippen LogP contribution in [0, 0.1) is 6.92 Å². The van der Waals surface area contributed by atoms with E-state index in [0.717, 1.165) is 24.4 Å². The number of benzene rings is 2. The van der Waals surface area contributed by atoms with E-state index in [9.17, 15) is 4.79 Å². The number of carbonyl (C=O) groups is 1. The van der Waals surface area contributed by atoms with Gasteiger partial charge in [-0.05, 0) is 42.3 Å². The minimum absolute atomic E-state index is 0.0345. The van der Waals surface area contributed by atoms with E-state index >= 15 is 0 Å². The number of hydrogen-bond acceptors (Lipinski definition) is 3. The molecule has 0 saturated carbocycles. The molecule has 1 aliphatic rings. The summed E-state index contributed by atoms with van der Waals surface area (Å²) in [6.45, 7) is 4.82. The molecule has 2 aromatic rings. The van der Waals surface area contributed by atoms with Crippen molar-refractivity contribution in [3.63, 3.8) is 0 Å². The number of fused-ring (bicyclic) bond motifs is 1. The lowest BCUT2D eigenvalue weighted by Gasteiger charge is -2.18. The normalized spacial score (nSPS) is 12.8. The Morgan fingerprint density at radius 3 is 2.65 bits per heavy atom. The molecule has 0 unspecified atom stereocenters. The zero-order chi connectivity index (χ0) is 16.2. The second-order valence-corrected chi connectivity index (χ2v) is 5.98. The third kappa shape index (κ3) is 3.71. The second kappa shape index (κ2) is 6.84. The van der Waals surface area contributed by atoms with E-state index in [1.165, 1.54) is 16.7 Å². The van der Waals surface area contributed by atoms with Gasteiger partial charge in [-0.1, -0.05) is 23.8 Å². The summed E-state index contributed by atoms with van der Waals surface area (Å²) >= 11 is 0. The zero-order valence-electron chi connectivity index (χ0n) is 13.6. The topological polar surface area (TPSA) is 41.6 Å². The van der Waals surface area contributed by atoms with Crippen LogP contribution in [0.25, 0.3) is 0 Å². The van der Waals surface area contributed by atoms with Gasteiger partial charge < -0.3 is 15.0 Å². The molecule has 4 heteroatoms. The van der Waals surface area contributed by atoms with Crippen LogP contribution in [-0.4, -0.2) is 31.0 Å². The van der Waals surface area contributed by atoms with E-state index in [0.29, 0.717) is 13.2 Å². The zero-order valence-corrected chi connectivity index (χ0v) is 13.6. The van der Waals surface area contributed by atoms with Crippen LogP contribution in [-0.2, 0) is 13.1 Å². The Morgan fingerprint density at radius 2 is 1.87 bits per heavy atom. The molecule has 1 N–H and O–H groups in total. The van der Waals surface area contributed by atoms with E-state index in [1.54, 1.807) is 4.90 Å². The summed E-state index contributed by atoms with van der Waals surface area (Å²) in [5, 5.41) is 3.29. The number of aryl methyl sites for hydroxylation is 1. The molecule has 0 aromatic heterocycles. The fourth-order valence-electron chi connectivity index (χ4n) is 2.68. The number of amides is 1. The van der Waals surface area contributed by atoms with Gasteiger partial charge in [0.25, 0.3) is 5.91 Å². The smallest absolute Gasteiger partial charge is 0.253 e. The van der Waals surface area contributed by atoms with Crippen molar-refractivity contribution in [1.82, 2.24) is 10.2 Å². The largest absolute Gasteiger partial charge is 0.492 e. The third-order valence-electron chi connectivity index (χ3n) is 4.15. The van der Waals surface area contributed by atoms with Crippen molar-refractivity contribution in [3.05, 3.63) is 64.7 Å². The molecule has 0 fully saturated rings. The maximum absolute atomic E-state index is 12.5. The molecular weight excluding hydrogens is 288 g/mol. The molecule has 0 spiro atoms. The predicted molar refractivity (Wildman–Crippen MR) is 90.6 cm³/mol. The first kappa shape index (κ1) is 15.6. The van der Waals surface area contributed by atoms with Crippen molar-refractivity contribution < 1.29 is 9.53 Å². The van der Waals surface area contributed by atoms with Crippen molar-refractivity contribution in [2.24, 2.45) is 0 Å². The molecule has 3 rings (SSSR count). The van der Waals surface area contributed by atoms with Crippen LogP contribution in [0.5, 0.6) is 5.75 Å². The van der Waals surface area contributed by atoms with E-state index in [1.807, 2.05) is 56.4 Å². The Balaban J connectivity index is 1.54. The van der Waals surface area contributed by atoms with Crippen LogP contribution in [0.3, 0.4) is 0 Å². The Labute approximate surface area is 137 Å². The first-order valence-corrected chi connectivity index (χ1v) is 7.91. The van der Waals surface area contributed by atoms with Crippen molar-refractivity contribution in [1.29, 1.82) is 0 Å². The quantitative estimate of drug-likeness (QED) is 0.923. The summed E-state index contributed by atoms with van der Waals surface area (Å²) in [7, 11) is 1.81. The minimum Gasteiger partial charge on any atom is -0.492 e. The fraction of sp³-hybridized carbons (Fsp3) is 0.316. The number of hydrogen-bond donors (Lipinski definition) is 1. The fourth-order valence-corrected chi connectivity index (χ4v) is 2.68. The van der Waals surface area contributed by atoms with Gasteiger partial charge in [0.15, 0.2) is 0 Å². The molecule has 1 heterocycles. The predicted octanol–water partition coefficient (Wildman–Crippen LogP) is 2.75. The van der Waals surface area contributed by atoms with Gasteiger partial charge in [0.2, 0.25) is 0 Å². The summed E-state index contributed by atoms with van der Waals surface area (Å²) in [5.41, 5.74) is 4.45. The van der Waals surface area contributed by atoms with Crippen LogP contribution in [0.1, 0.15) is 27.0 Å². The van der Waals surface area contributed by atoms with Crippen LogP contribution in [0.2, 0.25) is 0 Å². The number of likely N-dealkylation sites (N-methyl/N-ethyl adjacent to an activating group) is 1. The van der Waals surface area contributed by atoms with Gasteiger partial charge in [0.1, 0.15) is 12.4 Å². The average Bonchev–Trinajstić information content (AvgIpc) is 3.03. The van der Waals surface area contributed by atoms with Gasteiger partial charge in [0, 0.05) is 25.7 Å². The molecule has 1 aliphatic heterocycles. The maximum atomic E-state index is 12.5. The Kier molecular flexibility index (Phi) is 4.63. The van der Waals surface area contributed by atoms with Crippen LogP contribution >= 0.6 is 0 Å². The van der Waals surface area contributed by atoms with Gasteiger partial charge in [-0.2, -0.15) is 0 Å². The molecule has 0 radical (unpaired) electrons. The molecule has 0 atom stereocenters. The van der Waals surface area contributed by atoms with Crippen molar-refractivity contribution >= 4 is 5.91 Å². The van der Waals surface area contributed by atoms with Gasteiger partial charge in [-0.25, -0.2) is 0 Å². The molecule has 2 aromatic carbocycles.